The van der Waals surface area contributed by atoms with E-state index in [1.165, 1.54) is 5.56 Å². The summed E-state index contributed by atoms with van der Waals surface area (Å²) in [6.07, 6.45) is 3.56. The highest BCUT2D eigenvalue weighted by Crippen LogP contribution is 2.38. The highest BCUT2D eigenvalue weighted by molar-refractivity contribution is 5.48. The minimum Gasteiger partial charge on any atom is -0.474 e. The molecule has 0 unspecified atom stereocenters. The summed E-state index contributed by atoms with van der Waals surface area (Å²) in [7, 11) is 1.77. The maximum atomic E-state index is 5.99. The van der Waals surface area contributed by atoms with Crippen LogP contribution in [0.2, 0.25) is 0 Å². The molecule has 132 valence electrons. The normalized spacial score (nSPS) is 20.1. The lowest BCUT2D eigenvalue weighted by atomic mass is 9.86. The molecule has 6 nitrogen and oxygen atoms in total. The van der Waals surface area contributed by atoms with Gasteiger partial charge in [-0.05, 0) is 5.56 Å². The molecule has 1 aromatic carbocycles. The first-order valence-corrected chi connectivity index (χ1v) is 8.71. The number of nitrogens with zero attached hydrogens (tertiary/aromatic N) is 3. The molecule has 25 heavy (non-hydrogen) atoms. The van der Waals surface area contributed by atoms with Crippen molar-refractivity contribution in [1.82, 2.24) is 9.97 Å². The Hall–Kier alpha value is -2.18. The Morgan fingerprint density at radius 1 is 1.12 bits per heavy atom. The molecular weight excluding hydrogens is 318 g/mol. The summed E-state index contributed by atoms with van der Waals surface area (Å²) in [6.45, 7) is 3.03. The predicted molar refractivity (Wildman–Crippen MR) is 93.8 cm³/mol. The highest BCUT2D eigenvalue weighted by atomic mass is 16.5. The predicted octanol–water partition coefficient (Wildman–Crippen LogP) is 2.40. The fourth-order valence-electron chi connectivity index (χ4n) is 3.44. The van der Waals surface area contributed by atoms with Crippen LogP contribution in [-0.4, -0.2) is 49.5 Å². The minimum atomic E-state index is -0.270. The van der Waals surface area contributed by atoms with Crippen LogP contribution >= 0.6 is 0 Å². The van der Waals surface area contributed by atoms with Crippen molar-refractivity contribution in [2.45, 2.75) is 24.5 Å². The summed E-state index contributed by atoms with van der Waals surface area (Å²) in [4.78, 5) is 10.8. The molecule has 0 radical (unpaired) electrons. The fourth-order valence-corrected chi connectivity index (χ4v) is 3.44. The van der Waals surface area contributed by atoms with E-state index in [1.54, 1.807) is 13.4 Å². The Labute approximate surface area is 147 Å². The van der Waals surface area contributed by atoms with Crippen molar-refractivity contribution in [1.29, 1.82) is 0 Å². The molecule has 0 bridgehead atoms. The van der Waals surface area contributed by atoms with Gasteiger partial charge in [-0.25, -0.2) is 9.97 Å². The van der Waals surface area contributed by atoms with Gasteiger partial charge in [0, 0.05) is 26.0 Å². The summed E-state index contributed by atoms with van der Waals surface area (Å²) in [5.41, 5.74) is 0.926. The molecule has 2 aromatic rings. The second-order valence-electron chi connectivity index (χ2n) is 6.56. The van der Waals surface area contributed by atoms with Crippen molar-refractivity contribution >= 4 is 5.82 Å². The van der Waals surface area contributed by atoms with Gasteiger partial charge in [-0.1, -0.05) is 30.3 Å². The minimum absolute atomic E-state index is 0.176. The number of methoxy groups -OCH3 is 1. The van der Waals surface area contributed by atoms with Gasteiger partial charge in [0.05, 0.1) is 26.3 Å². The Bertz CT molecular complexity index is 698. The quantitative estimate of drug-likeness (QED) is 0.832. The van der Waals surface area contributed by atoms with Crippen LogP contribution in [0.4, 0.5) is 5.82 Å². The Balaban J connectivity index is 1.44. The van der Waals surface area contributed by atoms with E-state index < -0.39 is 0 Å². The van der Waals surface area contributed by atoms with Crippen LogP contribution in [0, 0.1) is 0 Å². The monoisotopic (exact) mass is 341 g/mol. The van der Waals surface area contributed by atoms with Crippen LogP contribution in [0.5, 0.6) is 5.88 Å². The standard InChI is InChI=1S/C19H23N3O3/c1-23-19(15-5-3-2-4-6-15)12-22(13-19)17-11-18(21-14-20-17)25-16-7-9-24-10-8-16/h2-6,11,14,16H,7-10,12-13H2,1H3. The summed E-state index contributed by atoms with van der Waals surface area (Å²) < 4.78 is 17.2. The van der Waals surface area contributed by atoms with Crippen molar-refractivity contribution in [3.05, 3.63) is 48.3 Å². The molecule has 0 atom stereocenters. The van der Waals surface area contributed by atoms with E-state index in [4.69, 9.17) is 14.2 Å². The fraction of sp³-hybridized carbons (Fsp3) is 0.474. The van der Waals surface area contributed by atoms with Crippen LogP contribution in [0.25, 0.3) is 0 Å². The Morgan fingerprint density at radius 3 is 2.60 bits per heavy atom. The zero-order chi connectivity index (χ0) is 17.1. The average molecular weight is 341 g/mol. The van der Waals surface area contributed by atoms with Crippen LogP contribution in [-0.2, 0) is 15.1 Å². The number of anilines is 1. The van der Waals surface area contributed by atoms with Crippen molar-refractivity contribution in [2.24, 2.45) is 0 Å². The third kappa shape index (κ3) is 3.32. The van der Waals surface area contributed by atoms with E-state index in [0.29, 0.717) is 5.88 Å². The molecule has 1 aromatic heterocycles. The largest absolute Gasteiger partial charge is 0.474 e. The SMILES string of the molecule is COC1(c2ccccc2)CN(c2cc(OC3CCOCC3)ncn2)C1. The molecule has 3 heterocycles. The van der Waals surface area contributed by atoms with Gasteiger partial charge in [-0.2, -0.15) is 0 Å². The van der Waals surface area contributed by atoms with Crippen molar-refractivity contribution in [2.75, 3.05) is 38.3 Å². The summed E-state index contributed by atoms with van der Waals surface area (Å²) in [6, 6.07) is 12.3. The number of aromatic nitrogens is 2. The first-order valence-electron chi connectivity index (χ1n) is 8.71. The Kier molecular flexibility index (Phi) is 4.55. The molecule has 2 fully saturated rings. The smallest absolute Gasteiger partial charge is 0.218 e. The van der Waals surface area contributed by atoms with Gasteiger partial charge < -0.3 is 19.1 Å². The van der Waals surface area contributed by atoms with E-state index in [0.717, 1.165) is 45.0 Å². The van der Waals surface area contributed by atoms with Crippen LogP contribution < -0.4 is 9.64 Å². The third-order valence-corrected chi connectivity index (χ3v) is 4.99. The zero-order valence-corrected chi connectivity index (χ0v) is 14.4. The number of rotatable bonds is 5. The van der Waals surface area contributed by atoms with E-state index in [1.807, 2.05) is 24.3 Å². The van der Waals surface area contributed by atoms with Gasteiger partial charge in [-0.3, -0.25) is 0 Å². The van der Waals surface area contributed by atoms with Gasteiger partial charge >= 0.3 is 0 Å². The first-order chi connectivity index (χ1) is 12.3. The Morgan fingerprint density at radius 2 is 1.88 bits per heavy atom. The van der Waals surface area contributed by atoms with Crippen molar-refractivity contribution < 1.29 is 14.2 Å². The number of benzene rings is 1. The number of hydrogen-bond acceptors (Lipinski definition) is 6. The van der Waals surface area contributed by atoms with Gasteiger partial charge in [0.2, 0.25) is 5.88 Å². The molecule has 0 amide bonds. The lowest BCUT2D eigenvalue weighted by Gasteiger charge is -2.49. The topological polar surface area (TPSA) is 56.7 Å². The summed E-state index contributed by atoms with van der Waals surface area (Å²) in [5.74, 6) is 1.51. The molecule has 2 aliphatic heterocycles. The maximum Gasteiger partial charge on any atom is 0.218 e. The van der Waals surface area contributed by atoms with Gasteiger partial charge in [0.1, 0.15) is 23.9 Å². The van der Waals surface area contributed by atoms with Crippen LogP contribution in [0.3, 0.4) is 0 Å². The number of hydrogen-bond donors (Lipinski definition) is 0. The van der Waals surface area contributed by atoms with Crippen LogP contribution in [0.15, 0.2) is 42.7 Å². The zero-order valence-electron chi connectivity index (χ0n) is 14.4. The van der Waals surface area contributed by atoms with Crippen molar-refractivity contribution in [3.8, 4) is 5.88 Å². The molecule has 0 N–H and O–H groups in total. The second-order valence-corrected chi connectivity index (χ2v) is 6.56. The molecular formula is C19H23N3O3. The van der Waals surface area contributed by atoms with Gasteiger partial charge in [-0.15, -0.1) is 0 Å². The summed E-state index contributed by atoms with van der Waals surface area (Å²) >= 11 is 0. The molecule has 0 spiro atoms. The lowest BCUT2D eigenvalue weighted by molar-refractivity contribution is -0.0386. The average Bonchev–Trinajstić information content (AvgIpc) is 2.63. The molecule has 2 aliphatic rings. The van der Waals surface area contributed by atoms with Crippen LogP contribution in [0.1, 0.15) is 18.4 Å². The number of ether oxygens (including phenoxy) is 3. The van der Waals surface area contributed by atoms with E-state index in [9.17, 15) is 0 Å². The first kappa shape index (κ1) is 16.3. The van der Waals surface area contributed by atoms with E-state index in [2.05, 4.69) is 27.0 Å². The lowest BCUT2D eigenvalue weighted by Crippen LogP contribution is -2.60. The van der Waals surface area contributed by atoms with Gasteiger partial charge in [0.25, 0.3) is 0 Å². The molecule has 2 saturated heterocycles. The van der Waals surface area contributed by atoms with Gasteiger partial charge in [0.15, 0.2) is 0 Å². The second kappa shape index (κ2) is 6.98. The molecule has 0 aliphatic carbocycles. The highest BCUT2D eigenvalue weighted by Gasteiger charge is 2.45. The maximum absolute atomic E-state index is 5.99. The van der Waals surface area contributed by atoms with Crippen molar-refractivity contribution in [3.63, 3.8) is 0 Å². The summed E-state index contributed by atoms with van der Waals surface area (Å²) in [5, 5.41) is 0. The third-order valence-electron chi connectivity index (χ3n) is 4.99. The molecule has 4 rings (SSSR count). The van der Waals surface area contributed by atoms with E-state index >= 15 is 0 Å². The molecule has 6 heteroatoms. The molecule has 0 saturated carbocycles. The van der Waals surface area contributed by atoms with E-state index in [-0.39, 0.29) is 11.7 Å².